The molecule has 0 saturated carbocycles. The molecule has 4 nitrogen and oxygen atoms in total. The molecular weight excluding hydrogens is 276 g/mol. The number of benzene rings is 1. The molecule has 5 heteroatoms. The minimum absolute atomic E-state index is 0.316. The molecule has 1 aromatic carbocycles. The number of halogens is 1. The van der Waals surface area contributed by atoms with Gasteiger partial charge in [-0.05, 0) is 17.7 Å². The zero-order valence-corrected chi connectivity index (χ0v) is 11.8. The summed E-state index contributed by atoms with van der Waals surface area (Å²) in [5, 5.41) is 3.52. The first-order valence-corrected chi connectivity index (χ1v) is 6.56. The van der Waals surface area contributed by atoms with Gasteiger partial charge in [0.25, 0.3) is 0 Å². The molecule has 1 atom stereocenters. The van der Waals surface area contributed by atoms with E-state index in [0.29, 0.717) is 11.6 Å². The molecule has 2 rings (SSSR count). The Morgan fingerprint density at radius 2 is 2.05 bits per heavy atom. The van der Waals surface area contributed by atoms with E-state index in [1.165, 1.54) is 7.11 Å². The first kappa shape index (κ1) is 14.3. The normalized spacial score (nSPS) is 11.7. The van der Waals surface area contributed by atoms with E-state index in [-0.39, 0.29) is 5.97 Å². The monoisotopic (exact) mass is 290 g/mol. The van der Waals surface area contributed by atoms with Crippen molar-refractivity contribution in [1.82, 2.24) is 4.98 Å². The van der Waals surface area contributed by atoms with E-state index in [4.69, 9.17) is 16.3 Å². The molecule has 0 aliphatic rings. The Labute approximate surface area is 122 Å². The Hall–Kier alpha value is -2.07. The fourth-order valence-corrected chi connectivity index (χ4v) is 1.96. The molecule has 0 radical (unpaired) electrons. The Morgan fingerprint density at radius 3 is 2.65 bits per heavy atom. The van der Waals surface area contributed by atoms with Gasteiger partial charge >= 0.3 is 5.97 Å². The Bertz CT molecular complexity index is 558. The van der Waals surface area contributed by atoms with Gasteiger partial charge < -0.3 is 10.1 Å². The molecule has 104 valence electrons. The van der Waals surface area contributed by atoms with Gasteiger partial charge in [0.2, 0.25) is 0 Å². The number of nitrogens with zero attached hydrogens (tertiary/aromatic N) is 1. The van der Waals surface area contributed by atoms with Crippen molar-refractivity contribution in [3.8, 4) is 0 Å². The molecule has 0 fully saturated rings. The number of pyridine rings is 1. The number of hydrogen-bond acceptors (Lipinski definition) is 4. The lowest BCUT2D eigenvalue weighted by Crippen LogP contribution is -2.32. The van der Waals surface area contributed by atoms with Crippen LogP contribution in [0.3, 0.4) is 0 Å². The van der Waals surface area contributed by atoms with Crippen molar-refractivity contribution in [2.45, 2.75) is 12.5 Å². The summed E-state index contributed by atoms with van der Waals surface area (Å²) in [7, 11) is 1.38. The van der Waals surface area contributed by atoms with Crippen LogP contribution in [0.5, 0.6) is 0 Å². The third-order valence-corrected chi connectivity index (χ3v) is 3.06. The lowest BCUT2D eigenvalue weighted by atomic mass is 10.1. The maximum absolute atomic E-state index is 11.9. The lowest BCUT2D eigenvalue weighted by molar-refractivity contribution is -0.141. The van der Waals surface area contributed by atoms with Crippen LogP contribution in [0.1, 0.15) is 5.56 Å². The summed E-state index contributed by atoms with van der Waals surface area (Å²) < 4.78 is 4.83. The SMILES string of the molecule is COC(=O)[C@H](Cc1ccccc1)Nc1ccc(Cl)nc1. The quantitative estimate of drug-likeness (QED) is 0.679. The van der Waals surface area contributed by atoms with Crippen molar-refractivity contribution in [2.24, 2.45) is 0 Å². The number of methoxy groups -OCH3 is 1. The number of esters is 1. The average Bonchev–Trinajstić information content (AvgIpc) is 2.49. The van der Waals surface area contributed by atoms with E-state index in [1.54, 1.807) is 18.3 Å². The number of nitrogens with one attached hydrogen (secondary N) is 1. The van der Waals surface area contributed by atoms with E-state index in [0.717, 1.165) is 11.3 Å². The predicted molar refractivity (Wildman–Crippen MR) is 78.8 cm³/mol. The largest absolute Gasteiger partial charge is 0.467 e. The van der Waals surface area contributed by atoms with Crippen molar-refractivity contribution >= 4 is 23.3 Å². The molecule has 0 amide bonds. The predicted octanol–water partition coefficient (Wildman–Crippen LogP) is 2.93. The van der Waals surface area contributed by atoms with Gasteiger partial charge in [-0.3, -0.25) is 0 Å². The second-order valence-corrected chi connectivity index (χ2v) is 4.67. The Kier molecular flexibility index (Phi) is 4.96. The lowest BCUT2D eigenvalue weighted by Gasteiger charge is -2.17. The smallest absolute Gasteiger partial charge is 0.328 e. The molecule has 0 aliphatic carbocycles. The molecule has 1 N–H and O–H groups in total. The number of carbonyl (C=O) groups excluding carboxylic acids is 1. The molecule has 2 aromatic rings. The van der Waals surface area contributed by atoms with Crippen molar-refractivity contribution in [3.05, 3.63) is 59.4 Å². The van der Waals surface area contributed by atoms with Crippen molar-refractivity contribution in [1.29, 1.82) is 0 Å². The molecule has 0 bridgehead atoms. The molecule has 1 aromatic heterocycles. The van der Waals surface area contributed by atoms with Gasteiger partial charge in [-0.15, -0.1) is 0 Å². The van der Waals surface area contributed by atoms with E-state index >= 15 is 0 Å². The van der Waals surface area contributed by atoms with Gasteiger partial charge in [0.05, 0.1) is 19.0 Å². The van der Waals surface area contributed by atoms with E-state index < -0.39 is 6.04 Å². The third-order valence-electron chi connectivity index (χ3n) is 2.84. The fraction of sp³-hybridized carbons (Fsp3) is 0.200. The molecule has 0 saturated heterocycles. The molecular formula is C15H15ClN2O2. The fourth-order valence-electron chi connectivity index (χ4n) is 1.85. The van der Waals surface area contributed by atoms with Crippen LogP contribution in [-0.2, 0) is 16.0 Å². The molecule has 0 unspecified atom stereocenters. The van der Waals surface area contributed by atoms with Crippen LogP contribution in [0.25, 0.3) is 0 Å². The number of aromatic nitrogens is 1. The number of rotatable bonds is 5. The molecule has 0 aliphatic heterocycles. The number of hydrogen-bond donors (Lipinski definition) is 1. The van der Waals surface area contributed by atoms with Gasteiger partial charge in [0.15, 0.2) is 0 Å². The Balaban J connectivity index is 2.11. The van der Waals surface area contributed by atoms with Crippen molar-refractivity contribution in [2.75, 3.05) is 12.4 Å². The first-order valence-electron chi connectivity index (χ1n) is 6.19. The number of carbonyl (C=O) groups is 1. The molecule has 0 spiro atoms. The minimum atomic E-state index is -0.467. The second kappa shape index (κ2) is 6.91. The van der Waals surface area contributed by atoms with Gasteiger partial charge in [-0.1, -0.05) is 41.9 Å². The standard InChI is InChI=1S/C15H15ClN2O2/c1-20-15(19)13(9-11-5-3-2-4-6-11)18-12-7-8-14(16)17-10-12/h2-8,10,13,18H,9H2,1H3/t13-/m0/s1. The summed E-state index contributed by atoms with van der Waals surface area (Å²) in [4.78, 5) is 15.8. The summed E-state index contributed by atoms with van der Waals surface area (Å²) in [5.74, 6) is -0.316. The highest BCUT2D eigenvalue weighted by atomic mass is 35.5. The van der Waals surface area contributed by atoms with Gasteiger partial charge in [-0.25, -0.2) is 9.78 Å². The van der Waals surface area contributed by atoms with Crippen LogP contribution < -0.4 is 5.32 Å². The first-order chi connectivity index (χ1) is 9.69. The number of ether oxygens (including phenoxy) is 1. The third kappa shape index (κ3) is 3.96. The molecule has 20 heavy (non-hydrogen) atoms. The van der Waals surface area contributed by atoms with E-state index in [1.807, 2.05) is 30.3 Å². The van der Waals surface area contributed by atoms with Gasteiger partial charge in [0, 0.05) is 6.42 Å². The highest BCUT2D eigenvalue weighted by molar-refractivity contribution is 6.29. The van der Waals surface area contributed by atoms with Crippen LogP contribution in [0.2, 0.25) is 5.15 Å². The van der Waals surface area contributed by atoms with Crippen molar-refractivity contribution in [3.63, 3.8) is 0 Å². The van der Waals surface area contributed by atoms with Crippen molar-refractivity contribution < 1.29 is 9.53 Å². The summed E-state index contributed by atoms with van der Waals surface area (Å²) in [5.41, 5.74) is 1.78. The molecule has 1 heterocycles. The second-order valence-electron chi connectivity index (χ2n) is 4.28. The van der Waals surface area contributed by atoms with E-state index in [9.17, 15) is 4.79 Å². The summed E-state index contributed by atoms with van der Waals surface area (Å²) >= 11 is 5.74. The van der Waals surface area contributed by atoms with Crippen LogP contribution in [0, 0.1) is 0 Å². The topological polar surface area (TPSA) is 51.2 Å². The van der Waals surface area contributed by atoms with Gasteiger partial charge in [0.1, 0.15) is 11.2 Å². The van der Waals surface area contributed by atoms with Crippen LogP contribution in [-0.4, -0.2) is 24.1 Å². The maximum atomic E-state index is 11.9. The number of anilines is 1. The highest BCUT2D eigenvalue weighted by Gasteiger charge is 2.19. The maximum Gasteiger partial charge on any atom is 0.328 e. The summed E-state index contributed by atoms with van der Waals surface area (Å²) in [6.07, 6.45) is 2.12. The van der Waals surface area contributed by atoms with Crippen LogP contribution in [0.4, 0.5) is 5.69 Å². The van der Waals surface area contributed by atoms with Crippen LogP contribution in [0.15, 0.2) is 48.7 Å². The minimum Gasteiger partial charge on any atom is -0.467 e. The Morgan fingerprint density at radius 1 is 1.30 bits per heavy atom. The van der Waals surface area contributed by atoms with Gasteiger partial charge in [-0.2, -0.15) is 0 Å². The summed E-state index contributed by atoms with van der Waals surface area (Å²) in [6, 6.07) is 12.7. The van der Waals surface area contributed by atoms with Crippen LogP contribution >= 0.6 is 11.6 Å². The average molecular weight is 291 g/mol. The zero-order chi connectivity index (χ0) is 14.4. The zero-order valence-electron chi connectivity index (χ0n) is 11.0. The van der Waals surface area contributed by atoms with E-state index in [2.05, 4.69) is 10.3 Å². The summed E-state index contributed by atoms with van der Waals surface area (Å²) in [6.45, 7) is 0. The highest BCUT2D eigenvalue weighted by Crippen LogP contribution is 2.14.